The molecule has 0 saturated carbocycles. The summed E-state index contributed by atoms with van der Waals surface area (Å²) in [7, 11) is 0. The Kier molecular flexibility index (Phi) is 28.6. The molecule has 0 saturated heterocycles. The number of benzene rings is 1. The molecule has 1 rings (SSSR count). The molecular formula is C38H73BrO2Sn2. The van der Waals surface area contributed by atoms with Gasteiger partial charge in [0, 0.05) is 0 Å². The number of rotatable bonds is 32. The zero-order valence-corrected chi connectivity index (χ0v) is 36.7. The van der Waals surface area contributed by atoms with E-state index in [1.807, 2.05) is 0 Å². The summed E-state index contributed by atoms with van der Waals surface area (Å²) in [5.41, 5.74) is 0. The Morgan fingerprint density at radius 3 is 1.14 bits per heavy atom. The monoisotopic (exact) mass is 880 g/mol. The molecule has 2 nitrogen and oxygen atoms in total. The van der Waals surface area contributed by atoms with Crippen LogP contribution in [0, 0.1) is 0 Å². The van der Waals surface area contributed by atoms with E-state index in [1.165, 1.54) is 172 Å². The van der Waals surface area contributed by atoms with Crippen LogP contribution in [0.25, 0.3) is 0 Å². The van der Waals surface area contributed by atoms with Crippen molar-refractivity contribution in [3.05, 3.63) is 30.3 Å². The second-order valence-corrected chi connectivity index (χ2v) is 44.1. The molecule has 5 heteroatoms. The van der Waals surface area contributed by atoms with Gasteiger partial charge in [0.1, 0.15) is 0 Å². The molecule has 0 heterocycles. The van der Waals surface area contributed by atoms with Gasteiger partial charge in [0.25, 0.3) is 0 Å². The number of halogens is 1. The van der Waals surface area contributed by atoms with Crippen LogP contribution >= 0.6 is 12.7 Å². The molecule has 0 bridgehead atoms. The summed E-state index contributed by atoms with van der Waals surface area (Å²) in [6, 6.07) is 10.8. The van der Waals surface area contributed by atoms with Crippen LogP contribution in [0.4, 0.5) is 0 Å². The summed E-state index contributed by atoms with van der Waals surface area (Å²) < 4.78 is 20.3. The summed E-state index contributed by atoms with van der Waals surface area (Å²) in [4.78, 5) is 0. The van der Waals surface area contributed by atoms with Gasteiger partial charge in [0.05, 0.1) is 0 Å². The maximum absolute atomic E-state index is 7.86. The molecular weight excluding hydrogens is 806 g/mol. The third-order valence-corrected chi connectivity index (χ3v) is 52.3. The third-order valence-electron chi connectivity index (χ3n) is 9.05. The molecule has 0 aliphatic rings. The van der Waals surface area contributed by atoms with Crippen molar-refractivity contribution in [3.8, 4) is 5.75 Å². The summed E-state index contributed by atoms with van der Waals surface area (Å²) in [5.74, 6) is 1.08. The van der Waals surface area contributed by atoms with Crippen LogP contribution in [0.5, 0.6) is 5.75 Å². The third kappa shape index (κ3) is 23.1. The molecule has 43 heavy (non-hydrogen) atoms. The van der Waals surface area contributed by atoms with Crippen molar-refractivity contribution in [3.63, 3.8) is 0 Å². The first-order valence-electron chi connectivity index (χ1n) is 19.2. The van der Waals surface area contributed by atoms with Crippen LogP contribution in [0.3, 0.4) is 0 Å². The summed E-state index contributed by atoms with van der Waals surface area (Å²) in [5, 5.41) is 0. The number of hydrogen-bond donors (Lipinski definition) is 0. The molecule has 0 fully saturated rings. The molecule has 0 aliphatic heterocycles. The van der Waals surface area contributed by atoms with Crippen LogP contribution < -0.4 is 3.07 Å². The van der Waals surface area contributed by atoms with Gasteiger partial charge in [-0.1, -0.05) is 0 Å². The molecule has 1 aromatic rings. The maximum atomic E-state index is 7.86. The Morgan fingerprint density at radius 2 is 0.767 bits per heavy atom. The van der Waals surface area contributed by atoms with Gasteiger partial charge in [0.2, 0.25) is 0 Å². The quantitative estimate of drug-likeness (QED) is 0.0530. The van der Waals surface area contributed by atoms with Crippen LogP contribution in [-0.2, 0) is 1.41 Å². The van der Waals surface area contributed by atoms with E-state index in [-0.39, 0.29) is 0 Å². The molecule has 0 aromatic heterocycles. The van der Waals surface area contributed by atoms with Gasteiger partial charge >= 0.3 is 289 Å². The van der Waals surface area contributed by atoms with Crippen molar-refractivity contribution in [2.24, 2.45) is 0 Å². The van der Waals surface area contributed by atoms with Crippen molar-refractivity contribution >= 4 is 48.5 Å². The zero-order chi connectivity index (χ0) is 31.3. The second-order valence-electron chi connectivity index (χ2n) is 13.4. The standard InChI is InChI=1S/4C8H17.C6H6O.BrH.O.2Sn/c4*1-3-5-7-8-6-4-2;7-6-4-2-1-3-5-6;;;;/h4*1,3-8H2,2H3;1-5,7H;1H;;;/q;;;;;;;2*+1/p-2. The van der Waals surface area contributed by atoms with E-state index < -0.39 is 35.8 Å². The Hall–Kier alpha value is 1.06. The molecule has 0 atom stereocenters. The first-order chi connectivity index (χ1) is 21.0. The number of para-hydroxylation sites is 1. The first kappa shape index (κ1) is 42.1. The predicted molar refractivity (Wildman–Crippen MR) is 201 cm³/mol. The van der Waals surface area contributed by atoms with E-state index in [0.29, 0.717) is 0 Å². The van der Waals surface area contributed by atoms with Gasteiger partial charge in [-0.05, 0) is 0 Å². The Bertz CT molecular complexity index is 685. The van der Waals surface area contributed by atoms with Gasteiger partial charge in [-0.3, -0.25) is 0 Å². The van der Waals surface area contributed by atoms with Crippen LogP contribution in [0.2, 0.25) is 17.7 Å². The molecule has 0 aliphatic carbocycles. The average Bonchev–Trinajstić information content (AvgIpc) is 3.01. The van der Waals surface area contributed by atoms with Crippen molar-refractivity contribution in [1.29, 1.82) is 0 Å². The van der Waals surface area contributed by atoms with Gasteiger partial charge in [-0.2, -0.15) is 0 Å². The van der Waals surface area contributed by atoms with Crippen LogP contribution in [-0.4, -0.2) is 35.8 Å². The summed E-state index contributed by atoms with van der Waals surface area (Å²) >= 11 is -1.87. The normalized spacial score (nSPS) is 12.2. The molecule has 0 unspecified atom stereocenters. The second kappa shape index (κ2) is 29.2. The van der Waals surface area contributed by atoms with Crippen molar-refractivity contribution in [2.75, 3.05) is 0 Å². The fourth-order valence-corrected chi connectivity index (χ4v) is 60.5. The van der Waals surface area contributed by atoms with Gasteiger partial charge in [0.15, 0.2) is 0 Å². The fraction of sp³-hybridized carbons (Fsp3) is 0.842. The molecule has 0 amide bonds. The van der Waals surface area contributed by atoms with Crippen molar-refractivity contribution < 1.29 is 4.49 Å². The number of hydrogen-bond acceptors (Lipinski definition) is 2. The fourth-order valence-electron chi connectivity index (χ4n) is 6.30. The van der Waals surface area contributed by atoms with Crippen molar-refractivity contribution in [2.45, 2.75) is 200 Å². The summed E-state index contributed by atoms with van der Waals surface area (Å²) in [6.07, 6.45) is 32.6. The minimum absolute atomic E-state index is 1.08. The Labute approximate surface area is 286 Å². The van der Waals surface area contributed by atoms with Crippen LogP contribution in [0.1, 0.15) is 182 Å². The SMILES string of the molecule is CCCCCCC[CH2][Sn]([Br])([CH2]CCCCCCC)[O][Sn]([CH2]CCCCCCC)([CH2]CCCCCCC)[O]c1ccccc1. The molecule has 0 spiro atoms. The van der Waals surface area contributed by atoms with Crippen molar-refractivity contribution in [1.82, 2.24) is 0 Å². The van der Waals surface area contributed by atoms with E-state index in [2.05, 4.69) is 70.7 Å². The molecule has 252 valence electrons. The summed E-state index contributed by atoms with van der Waals surface area (Å²) in [6.45, 7) is 9.28. The Balaban J connectivity index is 3.12. The van der Waals surface area contributed by atoms with E-state index in [9.17, 15) is 0 Å². The van der Waals surface area contributed by atoms with E-state index in [4.69, 9.17) is 4.49 Å². The predicted octanol–water partition coefficient (Wildman–Crippen LogP) is 14.8. The van der Waals surface area contributed by atoms with Gasteiger partial charge in [-0.25, -0.2) is 0 Å². The van der Waals surface area contributed by atoms with Crippen LogP contribution in [0.15, 0.2) is 30.3 Å². The Morgan fingerprint density at radius 1 is 0.442 bits per heavy atom. The van der Waals surface area contributed by atoms with E-state index >= 15 is 0 Å². The zero-order valence-electron chi connectivity index (χ0n) is 29.4. The minimum atomic E-state index is -3.42. The average molecular weight is 879 g/mol. The molecule has 1 aromatic carbocycles. The van der Waals surface area contributed by atoms with Gasteiger partial charge in [-0.15, -0.1) is 0 Å². The number of unbranched alkanes of at least 4 members (excludes halogenated alkanes) is 20. The van der Waals surface area contributed by atoms with E-state index in [1.54, 1.807) is 0 Å². The molecule has 0 radical (unpaired) electrons. The first-order valence-corrected chi connectivity index (χ1v) is 37.1. The van der Waals surface area contributed by atoms with E-state index in [0.717, 1.165) is 5.75 Å². The van der Waals surface area contributed by atoms with Gasteiger partial charge < -0.3 is 0 Å². The molecule has 0 N–H and O–H groups in total. The topological polar surface area (TPSA) is 18.5 Å².